The van der Waals surface area contributed by atoms with E-state index in [0.29, 0.717) is 0 Å². The maximum absolute atomic E-state index is 8.34. The SMILES string of the molecule is CC(O)OC(C)O.N. The van der Waals surface area contributed by atoms with E-state index in [1.54, 1.807) is 0 Å². The molecule has 0 saturated heterocycles. The van der Waals surface area contributed by atoms with Crippen molar-refractivity contribution in [2.45, 2.75) is 26.4 Å². The van der Waals surface area contributed by atoms with E-state index in [0.717, 1.165) is 0 Å². The molecule has 0 rings (SSSR count). The number of aliphatic hydroxyl groups excluding tert-OH is 2. The molecule has 2 atom stereocenters. The Morgan fingerprint density at radius 2 is 1.38 bits per heavy atom. The largest absolute Gasteiger partial charge is 0.368 e. The van der Waals surface area contributed by atoms with Gasteiger partial charge in [0, 0.05) is 0 Å². The number of ether oxygens (including phenoxy) is 1. The Bertz CT molecular complexity index is 40.5. The standard InChI is InChI=1S/C4H10O3.H3N/c1-3(5)7-4(2)6;/h3-6H,1-2H3;1H3. The average Bonchev–Trinajstić information content (AvgIpc) is 1.27. The minimum absolute atomic E-state index is 0. The number of hydrogen-bond donors (Lipinski definition) is 3. The van der Waals surface area contributed by atoms with Crippen molar-refractivity contribution in [1.29, 1.82) is 0 Å². The smallest absolute Gasteiger partial charge is 0.154 e. The summed E-state index contributed by atoms with van der Waals surface area (Å²) in [4.78, 5) is 0. The highest BCUT2D eigenvalue weighted by atomic mass is 16.7. The molecule has 0 aliphatic carbocycles. The predicted molar refractivity (Wildman–Crippen MR) is 29.5 cm³/mol. The summed E-state index contributed by atoms with van der Waals surface area (Å²) in [5.74, 6) is 0. The molecule has 0 saturated carbocycles. The van der Waals surface area contributed by atoms with E-state index >= 15 is 0 Å². The molecule has 4 heteroatoms. The van der Waals surface area contributed by atoms with Gasteiger partial charge in [-0.1, -0.05) is 0 Å². The van der Waals surface area contributed by atoms with E-state index in [-0.39, 0.29) is 6.15 Å². The molecular weight excluding hydrogens is 110 g/mol. The lowest BCUT2D eigenvalue weighted by molar-refractivity contribution is -0.190. The molecule has 0 aromatic carbocycles. The van der Waals surface area contributed by atoms with E-state index in [1.807, 2.05) is 0 Å². The molecule has 0 aromatic heterocycles. The van der Waals surface area contributed by atoms with E-state index in [2.05, 4.69) is 4.74 Å². The Morgan fingerprint density at radius 1 is 1.12 bits per heavy atom. The van der Waals surface area contributed by atoms with Crippen molar-refractivity contribution in [3.05, 3.63) is 0 Å². The Morgan fingerprint density at radius 3 is 1.38 bits per heavy atom. The lowest BCUT2D eigenvalue weighted by Gasteiger charge is -2.07. The first-order chi connectivity index (χ1) is 3.13. The average molecular weight is 123 g/mol. The van der Waals surface area contributed by atoms with Gasteiger partial charge in [0.05, 0.1) is 0 Å². The Hall–Kier alpha value is -0.160. The summed E-state index contributed by atoms with van der Waals surface area (Å²) in [6.45, 7) is 2.87. The van der Waals surface area contributed by atoms with Gasteiger partial charge in [-0.2, -0.15) is 0 Å². The number of hydrogen-bond acceptors (Lipinski definition) is 4. The van der Waals surface area contributed by atoms with Gasteiger partial charge in [-0.3, -0.25) is 0 Å². The van der Waals surface area contributed by atoms with E-state index in [9.17, 15) is 0 Å². The lowest BCUT2D eigenvalue weighted by atomic mass is 10.7. The van der Waals surface area contributed by atoms with Crippen molar-refractivity contribution in [2.75, 3.05) is 0 Å². The minimum atomic E-state index is -0.875. The van der Waals surface area contributed by atoms with E-state index in [1.165, 1.54) is 13.8 Å². The summed E-state index contributed by atoms with van der Waals surface area (Å²) in [5.41, 5.74) is 0. The van der Waals surface area contributed by atoms with Crippen LogP contribution in [0.15, 0.2) is 0 Å². The molecule has 0 fully saturated rings. The van der Waals surface area contributed by atoms with Crippen LogP contribution in [0, 0.1) is 0 Å². The second-order valence-corrected chi connectivity index (χ2v) is 1.33. The second kappa shape index (κ2) is 4.99. The first-order valence-corrected chi connectivity index (χ1v) is 2.14. The molecule has 0 amide bonds. The number of rotatable bonds is 2. The van der Waals surface area contributed by atoms with Crippen molar-refractivity contribution >= 4 is 0 Å². The minimum Gasteiger partial charge on any atom is -0.368 e. The van der Waals surface area contributed by atoms with E-state index in [4.69, 9.17) is 10.2 Å². The van der Waals surface area contributed by atoms with Crippen LogP contribution in [0.5, 0.6) is 0 Å². The zero-order valence-corrected chi connectivity index (χ0v) is 5.16. The summed E-state index contributed by atoms with van der Waals surface area (Å²) in [7, 11) is 0. The van der Waals surface area contributed by atoms with Crippen LogP contribution in [0.1, 0.15) is 13.8 Å². The first-order valence-electron chi connectivity index (χ1n) is 2.14. The third kappa shape index (κ3) is 9.28. The van der Waals surface area contributed by atoms with Gasteiger partial charge in [-0.25, -0.2) is 0 Å². The van der Waals surface area contributed by atoms with E-state index < -0.39 is 12.6 Å². The van der Waals surface area contributed by atoms with Gasteiger partial charge in [0.15, 0.2) is 12.6 Å². The molecule has 0 aromatic rings. The quantitative estimate of drug-likeness (QED) is 0.445. The van der Waals surface area contributed by atoms with Gasteiger partial charge >= 0.3 is 0 Å². The highest BCUT2D eigenvalue weighted by Crippen LogP contribution is 1.87. The zero-order chi connectivity index (χ0) is 5.86. The zero-order valence-electron chi connectivity index (χ0n) is 5.16. The molecule has 4 nitrogen and oxygen atoms in total. The van der Waals surface area contributed by atoms with Gasteiger partial charge in [-0.15, -0.1) is 0 Å². The molecule has 8 heavy (non-hydrogen) atoms. The molecule has 52 valence electrons. The van der Waals surface area contributed by atoms with Crippen LogP contribution in [-0.4, -0.2) is 22.8 Å². The van der Waals surface area contributed by atoms with Gasteiger partial charge in [-0.05, 0) is 13.8 Å². The number of aliphatic hydroxyl groups is 2. The van der Waals surface area contributed by atoms with Crippen molar-refractivity contribution in [3.63, 3.8) is 0 Å². The van der Waals surface area contributed by atoms with Crippen LogP contribution in [0.25, 0.3) is 0 Å². The highest BCUT2D eigenvalue weighted by molar-refractivity contribution is 4.24. The molecule has 0 bridgehead atoms. The Balaban J connectivity index is 0. The normalized spacial score (nSPS) is 16.5. The second-order valence-electron chi connectivity index (χ2n) is 1.33. The molecule has 0 spiro atoms. The predicted octanol–water partition coefficient (Wildman–Crippen LogP) is -0.158. The third-order valence-corrected chi connectivity index (χ3v) is 0.394. The fourth-order valence-electron chi connectivity index (χ4n) is 0.285. The fourth-order valence-corrected chi connectivity index (χ4v) is 0.285. The van der Waals surface area contributed by atoms with Crippen LogP contribution < -0.4 is 6.15 Å². The van der Waals surface area contributed by atoms with Gasteiger partial charge in [0.1, 0.15) is 0 Å². The molecule has 0 aliphatic rings. The van der Waals surface area contributed by atoms with Crippen LogP contribution >= 0.6 is 0 Å². The summed E-state index contributed by atoms with van der Waals surface area (Å²) in [6.07, 6.45) is -1.75. The molecule has 0 aliphatic heterocycles. The summed E-state index contributed by atoms with van der Waals surface area (Å²) >= 11 is 0. The first kappa shape index (κ1) is 10.8. The van der Waals surface area contributed by atoms with Gasteiger partial charge < -0.3 is 21.1 Å². The van der Waals surface area contributed by atoms with Crippen LogP contribution in [0.4, 0.5) is 0 Å². The maximum Gasteiger partial charge on any atom is 0.154 e. The topological polar surface area (TPSA) is 84.7 Å². The fraction of sp³-hybridized carbons (Fsp3) is 1.00. The van der Waals surface area contributed by atoms with Gasteiger partial charge in [0.25, 0.3) is 0 Å². The van der Waals surface area contributed by atoms with Gasteiger partial charge in [0.2, 0.25) is 0 Å². The summed E-state index contributed by atoms with van der Waals surface area (Å²) in [6, 6.07) is 0. The highest BCUT2D eigenvalue weighted by Gasteiger charge is 1.97. The molecule has 0 radical (unpaired) electrons. The van der Waals surface area contributed by atoms with Crippen molar-refractivity contribution in [1.82, 2.24) is 6.15 Å². The molecule has 2 unspecified atom stereocenters. The molecular formula is C4H13NO3. The Labute approximate surface area is 48.7 Å². The summed E-state index contributed by atoms with van der Waals surface area (Å²) < 4.78 is 4.36. The molecule has 5 N–H and O–H groups in total. The third-order valence-electron chi connectivity index (χ3n) is 0.394. The van der Waals surface area contributed by atoms with Crippen LogP contribution in [-0.2, 0) is 4.74 Å². The monoisotopic (exact) mass is 123 g/mol. The van der Waals surface area contributed by atoms with Crippen LogP contribution in [0.2, 0.25) is 0 Å². The van der Waals surface area contributed by atoms with Crippen molar-refractivity contribution in [3.8, 4) is 0 Å². The summed E-state index contributed by atoms with van der Waals surface area (Å²) in [5, 5.41) is 16.7. The molecule has 0 heterocycles. The maximum atomic E-state index is 8.34. The Kier molecular flexibility index (Phi) is 6.70. The van der Waals surface area contributed by atoms with Crippen molar-refractivity contribution < 1.29 is 14.9 Å². The van der Waals surface area contributed by atoms with Crippen molar-refractivity contribution in [2.24, 2.45) is 0 Å². The van der Waals surface area contributed by atoms with Crippen LogP contribution in [0.3, 0.4) is 0 Å². The lowest BCUT2D eigenvalue weighted by Crippen LogP contribution is -2.14.